The van der Waals surface area contributed by atoms with Crippen LogP contribution in [-0.2, 0) is 0 Å². The average molecular weight is 367 g/mol. The van der Waals surface area contributed by atoms with E-state index in [2.05, 4.69) is 15.5 Å². The summed E-state index contributed by atoms with van der Waals surface area (Å²) in [5, 5.41) is 24.1. The van der Waals surface area contributed by atoms with Crippen LogP contribution >= 0.6 is 0 Å². The van der Waals surface area contributed by atoms with E-state index in [0.717, 1.165) is 0 Å². The van der Waals surface area contributed by atoms with E-state index >= 15 is 0 Å². The lowest BCUT2D eigenvalue weighted by atomic mass is 10.1. The molecule has 1 heterocycles. The van der Waals surface area contributed by atoms with E-state index < -0.39 is 22.8 Å². The molecule has 0 aliphatic carbocycles. The van der Waals surface area contributed by atoms with Gasteiger partial charge in [0.05, 0.1) is 18.3 Å². The number of hydrogen-bond donors (Lipinski definition) is 4. The highest BCUT2D eigenvalue weighted by Gasteiger charge is 2.18. The largest absolute Gasteiger partial charge is 0.506 e. The first-order chi connectivity index (χ1) is 13.0. The van der Waals surface area contributed by atoms with Gasteiger partial charge in [0.15, 0.2) is 11.5 Å². The maximum Gasteiger partial charge on any atom is 0.280 e. The van der Waals surface area contributed by atoms with Crippen LogP contribution in [0.3, 0.4) is 0 Å². The Morgan fingerprint density at radius 2 is 2.04 bits per heavy atom. The zero-order valence-electron chi connectivity index (χ0n) is 14.4. The normalized spacial score (nSPS) is 11.0. The van der Waals surface area contributed by atoms with Crippen molar-refractivity contribution in [1.29, 1.82) is 0 Å². The third-order valence-electron chi connectivity index (χ3n) is 3.78. The number of benzene rings is 2. The second-order valence-corrected chi connectivity index (χ2v) is 5.58. The van der Waals surface area contributed by atoms with Crippen molar-refractivity contribution >= 4 is 23.0 Å². The summed E-state index contributed by atoms with van der Waals surface area (Å²) in [6.07, 6.45) is 1.33. The Hall–Kier alpha value is -3.81. The van der Waals surface area contributed by atoms with Gasteiger partial charge in [-0.25, -0.2) is 5.43 Å². The number of pyridine rings is 1. The minimum absolute atomic E-state index is 0.00865. The third kappa shape index (κ3) is 3.74. The number of phenols is 1. The molecule has 0 aliphatic rings. The number of nitrogens with one attached hydrogen (secondary N) is 2. The van der Waals surface area contributed by atoms with Crippen molar-refractivity contribution in [3.63, 3.8) is 0 Å². The fraction of sp³-hybridized carbons (Fsp3) is 0.105. The van der Waals surface area contributed by atoms with Gasteiger partial charge in [0.25, 0.3) is 11.5 Å². The molecule has 2 aromatic carbocycles. The molecule has 8 nitrogen and oxygen atoms in total. The number of nitrogens with zero attached hydrogens (tertiary/aromatic N) is 1. The molecule has 1 amide bonds. The second-order valence-electron chi connectivity index (χ2n) is 5.58. The Balaban J connectivity index is 1.82. The molecule has 138 valence electrons. The molecule has 0 saturated carbocycles. The van der Waals surface area contributed by atoms with Crippen LogP contribution in [0.5, 0.6) is 17.2 Å². The second kappa shape index (κ2) is 7.61. The number of fused-ring (bicyclic) bond motifs is 1. The van der Waals surface area contributed by atoms with E-state index in [1.807, 2.05) is 0 Å². The van der Waals surface area contributed by atoms with Crippen molar-refractivity contribution in [2.45, 2.75) is 6.92 Å². The number of rotatable bonds is 5. The molecule has 0 aliphatic heterocycles. The monoisotopic (exact) mass is 367 g/mol. The summed E-state index contributed by atoms with van der Waals surface area (Å²) in [6, 6.07) is 11.2. The number of ether oxygens (including phenoxy) is 1. The lowest BCUT2D eigenvalue weighted by Crippen LogP contribution is -2.26. The first-order valence-electron chi connectivity index (χ1n) is 8.14. The molecule has 0 spiro atoms. The molecule has 0 bridgehead atoms. The molecule has 8 heteroatoms. The van der Waals surface area contributed by atoms with E-state index in [4.69, 9.17) is 4.74 Å². The molecular weight excluding hydrogens is 350 g/mol. The van der Waals surface area contributed by atoms with Crippen molar-refractivity contribution in [3.8, 4) is 17.2 Å². The smallest absolute Gasteiger partial charge is 0.280 e. The van der Waals surface area contributed by atoms with Crippen molar-refractivity contribution in [3.05, 3.63) is 63.9 Å². The summed E-state index contributed by atoms with van der Waals surface area (Å²) in [4.78, 5) is 26.9. The molecule has 0 radical (unpaired) electrons. The van der Waals surface area contributed by atoms with Gasteiger partial charge in [-0.15, -0.1) is 0 Å². The number of carbonyl (C=O) groups excluding carboxylic acids is 1. The van der Waals surface area contributed by atoms with Gasteiger partial charge in [-0.2, -0.15) is 5.10 Å². The van der Waals surface area contributed by atoms with Gasteiger partial charge in [0.1, 0.15) is 11.3 Å². The molecule has 0 atom stereocenters. The first-order valence-corrected chi connectivity index (χ1v) is 8.14. The van der Waals surface area contributed by atoms with Crippen LogP contribution in [0.1, 0.15) is 22.8 Å². The number of amides is 1. The highest BCUT2D eigenvalue weighted by atomic mass is 16.5. The van der Waals surface area contributed by atoms with E-state index in [1.54, 1.807) is 43.3 Å². The van der Waals surface area contributed by atoms with E-state index in [0.29, 0.717) is 23.1 Å². The van der Waals surface area contributed by atoms with Gasteiger partial charge in [-0.3, -0.25) is 9.59 Å². The number of hydrogen-bond acceptors (Lipinski definition) is 6. The predicted molar refractivity (Wildman–Crippen MR) is 101 cm³/mol. The van der Waals surface area contributed by atoms with Crippen LogP contribution in [0, 0.1) is 0 Å². The first kappa shape index (κ1) is 18.0. The number of phenolic OH excluding ortho intramolecular Hbond substituents is 1. The maximum absolute atomic E-state index is 12.3. The van der Waals surface area contributed by atoms with Gasteiger partial charge in [0.2, 0.25) is 0 Å². The third-order valence-corrected chi connectivity index (χ3v) is 3.78. The Bertz CT molecular complexity index is 1090. The summed E-state index contributed by atoms with van der Waals surface area (Å²) >= 11 is 0. The van der Waals surface area contributed by atoms with Crippen LogP contribution in [-0.4, -0.2) is 33.9 Å². The SMILES string of the molecule is CCOc1cc(C=NNC(=O)c2c(O)c3ccccc3[nH]c2=O)ccc1O. The van der Waals surface area contributed by atoms with Crippen LogP contribution in [0.2, 0.25) is 0 Å². The van der Waals surface area contributed by atoms with Crippen LogP contribution < -0.4 is 15.7 Å². The number of para-hydroxylation sites is 1. The summed E-state index contributed by atoms with van der Waals surface area (Å²) in [5.74, 6) is -0.980. The number of H-pyrrole nitrogens is 1. The van der Waals surface area contributed by atoms with Crippen molar-refractivity contribution in [2.24, 2.45) is 5.10 Å². The molecule has 4 N–H and O–H groups in total. The number of hydrazone groups is 1. The summed E-state index contributed by atoms with van der Waals surface area (Å²) in [6.45, 7) is 2.17. The molecule has 3 rings (SSSR count). The zero-order chi connectivity index (χ0) is 19.4. The molecule has 3 aromatic rings. The quantitative estimate of drug-likeness (QED) is 0.406. The summed E-state index contributed by atoms with van der Waals surface area (Å²) in [7, 11) is 0. The molecule has 1 aromatic heterocycles. The highest BCUT2D eigenvalue weighted by Crippen LogP contribution is 2.26. The van der Waals surface area contributed by atoms with Crippen molar-refractivity contribution in [2.75, 3.05) is 6.61 Å². The molecule has 27 heavy (non-hydrogen) atoms. The van der Waals surface area contributed by atoms with Crippen LogP contribution in [0.15, 0.2) is 52.4 Å². The van der Waals surface area contributed by atoms with Gasteiger partial charge >= 0.3 is 0 Å². The number of carbonyl (C=O) groups is 1. The average Bonchev–Trinajstić information content (AvgIpc) is 2.64. The van der Waals surface area contributed by atoms with Crippen LogP contribution in [0.4, 0.5) is 0 Å². The predicted octanol–water partition coefficient (Wildman–Crippen LogP) is 2.10. The number of aromatic hydroxyl groups is 2. The van der Waals surface area contributed by atoms with Gasteiger partial charge in [0, 0.05) is 5.39 Å². The number of aromatic nitrogens is 1. The highest BCUT2D eigenvalue weighted by molar-refractivity contribution is 6.02. The van der Waals surface area contributed by atoms with Crippen LogP contribution in [0.25, 0.3) is 10.9 Å². The Morgan fingerprint density at radius 3 is 2.81 bits per heavy atom. The lowest BCUT2D eigenvalue weighted by molar-refractivity contribution is 0.0951. The Labute approximate surface area is 153 Å². The lowest BCUT2D eigenvalue weighted by Gasteiger charge is -2.07. The molecule has 0 saturated heterocycles. The molecular formula is C19H17N3O5. The minimum Gasteiger partial charge on any atom is -0.506 e. The van der Waals surface area contributed by atoms with Crippen molar-refractivity contribution in [1.82, 2.24) is 10.4 Å². The summed E-state index contributed by atoms with van der Waals surface area (Å²) in [5.41, 5.74) is 2.05. The van der Waals surface area contributed by atoms with Gasteiger partial charge in [-0.05, 0) is 42.8 Å². The Morgan fingerprint density at radius 1 is 1.26 bits per heavy atom. The maximum atomic E-state index is 12.3. The van der Waals surface area contributed by atoms with Crippen molar-refractivity contribution < 1.29 is 19.7 Å². The van der Waals surface area contributed by atoms with E-state index in [-0.39, 0.29) is 11.5 Å². The molecule has 0 unspecified atom stereocenters. The molecule has 0 fully saturated rings. The minimum atomic E-state index is -0.848. The number of aromatic amines is 1. The fourth-order valence-corrected chi connectivity index (χ4v) is 2.54. The zero-order valence-corrected chi connectivity index (χ0v) is 14.4. The van der Waals surface area contributed by atoms with Gasteiger partial charge < -0.3 is 19.9 Å². The fourth-order valence-electron chi connectivity index (χ4n) is 2.54. The van der Waals surface area contributed by atoms with E-state index in [9.17, 15) is 19.8 Å². The summed E-state index contributed by atoms with van der Waals surface area (Å²) < 4.78 is 5.27. The van der Waals surface area contributed by atoms with E-state index in [1.165, 1.54) is 12.3 Å². The Kier molecular flexibility index (Phi) is 5.07. The standard InChI is InChI=1S/C19H17N3O5/c1-2-27-15-9-11(7-8-14(15)23)10-20-22-19(26)16-17(24)12-5-3-4-6-13(12)21-18(16)25/h3-10,23H,2H2,1H3,(H,22,26)(H2,21,24,25). The van der Waals surface area contributed by atoms with Gasteiger partial charge in [-0.1, -0.05) is 12.1 Å². The topological polar surface area (TPSA) is 124 Å².